The number of aliphatic imine (C=N–C) groups is 1. The van der Waals surface area contributed by atoms with Crippen LogP contribution in [0.15, 0.2) is 52.4 Å². The van der Waals surface area contributed by atoms with Crippen molar-refractivity contribution in [3.63, 3.8) is 0 Å². The van der Waals surface area contributed by atoms with Crippen LogP contribution in [0.2, 0.25) is 0 Å². The molecule has 0 saturated carbocycles. The Balaban J connectivity index is 1.53. The summed E-state index contributed by atoms with van der Waals surface area (Å²) in [5.74, 6) is -1.55. The standard InChI is InChI=1S/C23H25F3N2O3S/c1-15-13-28(14-16(2)31-15)32(29,30)19-6-3-17(4-7-19)11-18-5-8-22-20(12-18)21(9-10-27-22)23(24,25)26/h3-8,10,12,15-16,21H,9,11,13-14H2,1-2H3. The molecule has 2 aliphatic rings. The zero-order chi connectivity index (χ0) is 23.1. The van der Waals surface area contributed by atoms with E-state index in [2.05, 4.69) is 4.99 Å². The number of hydrogen-bond acceptors (Lipinski definition) is 4. The lowest BCUT2D eigenvalue weighted by Gasteiger charge is -2.34. The molecule has 0 radical (unpaired) electrons. The maximum atomic E-state index is 13.4. The molecule has 5 nitrogen and oxygen atoms in total. The van der Waals surface area contributed by atoms with Gasteiger partial charge < -0.3 is 4.74 Å². The number of ether oxygens (including phenoxy) is 1. The SMILES string of the molecule is CC1CN(S(=O)(=O)c2ccc(Cc3ccc4c(c3)C(C(F)(F)F)CC=N4)cc2)CC(C)O1. The molecule has 4 rings (SSSR count). The average molecular weight is 467 g/mol. The second-order valence-electron chi connectivity index (χ2n) is 8.43. The third kappa shape index (κ3) is 4.74. The number of hydrogen-bond donors (Lipinski definition) is 0. The molecule has 2 aliphatic heterocycles. The lowest BCUT2D eigenvalue weighted by atomic mass is 9.89. The van der Waals surface area contributed by atoms with Gasteiger partial charge in [-0.1, -0.05) is 24.3 Å². The summed E-state index contributed by atoms with van der Waals surface area (Å²) in [6, 6.07) is 11.4. The Hall–Kier alpha value is -2.23. The van der Waals surface area contributed by atoms with E-state index in [0.29, 0.717) is 25.2 Å². The number of halogens is 3. The molecule has 0 N–H and O–H groups in total. The zero-order valence-corrected chi connectivity index (χ0v) is 18.7. The Bertz CT molecular complexity index is 1100. The molecule has 2 aromatic carbocycles. The van der Waals surface area contributed by atoms with Crippen LogP contribution in [0.1, 0.15) is 42.9 Å². The minimum absolute atomic E-state index is 0.161. The molecule has 2 heterocycles. The molecule has 1 fully saturated rings. The van der Waals surface area contributed by atoms with Crippen LogP contribution in [0, 0.1) is 0 Å². The van der Waals surface area contributed by atoms with Crippen LogP contribution in [-0.4, -0.2) is 50.4 Å². The van der Waals surface area contributed by atoms with Gasteiger partial charge in [-0.3, -0.25) is 4.99 Å². The highest BCUT2D eigenvalue weighted by Gasteiger charge is 2.42. The van der Waals surface area contributed by atoms with Crippen molar-refractivity contribution in [3.8, 4) is 0 Å². The van der Waals surface area contributed by atoms with E-state index in [4.69, 9.17) is 4.74 Å². The van der Waals surface area contributed by atoms with Crippen molar-refractivity contribution in [2.45, 2.75) is 55.9 Å². The van der Waals surface area contributed by atoms with E-state index in [-0.39, 0.29) is 29.1 Å². The van der Waals surface area contributed by atoms with Gasteiger partial charge in [0.15, 0.2) is 0 Å². The third-order valence-electron chi connectivity index (χ3n) is 5.79. The van der Waals surface area contributed by atoms with Gasteiger partial charge in [0.05, 0.1) is 28.7 Å². The van der Waals surface area contributed by atoms with E-state index in [1.54, 1.807) is 42.5 Å². The molecule has 0 amide bonds. The van der Waals surface area contributed by atoms with Gasteiger partial charge in [-0.2, -0.15) is 17.5 Å². The van der Waals surface area contributed by atoms with Gasteiger partial charge >= 0.3 is 6.18 Å². The first-order chi connectivity index (χ1) is 15.0. The summed E-state index contributed by atoms with van der Waals surface area (Å²) in [6.07, 6.45) is -3.14. The molecule has 0 aliphatic carbocycles. The summed E-state index contributed by atoms with van der Waals surface area (Å²) in [5.41, 5.74) is 2.07. The van der Waals surface area contributed by atoms with Crippen LogP contribution >= 0.6 is 0 Å². The van der Waals surface area contributed by atoms with Crippen LogP contribution in [0.3, 0.4) is 0 Å². The molecule has 172 valence electrons. The Kier molecular flexibility index (Phi) is 6.17. The van der Waals surface area contributed by atoms with E-state index in [9.17, 15) is 21.6 Å². The number of nitrogens with zero attached hydrogens (tertiary/aromatic N) is 2. The summed E-state index contributed by atoms with van der Waals surface area (Å²) in [4.78, 5) is 4.29. The minimum Gasteiger partial charge on any atom is -0.373 e. The van der Waals surface area contributed by atoms with E-state index in [1.807, 2.05) is 13.8 Å². The molecule has 3 atom stereocenters. The van der Waals surface area contributed by atoms with E-state index in [1.165, 1.54) is 10.5 Å². The van der Waals surface area contributed by atoms with Gasteiger partial charge in [0, 0.05) is 19.3 Å². The van der Waals surface area contributed by atoms with Crippen molar-refractivity contribution in [1.82, 2.24) is 4.31 Å². The highest BCUT2D eigenvalue weighted by atomic mass is 32.2. The molecular weight excluding hydrogens is 441 g/mol. The topological polar surface area (TPSA) is 59.0 Å². The van der Waals surface area contributed by atoms with Crippen molar-refractivity contribution in [2.24, 2.45) is 4.99 Å². The second kappa shape index (κ2) is 8.61. The number of benzene rings is 2. The molecule has 0 spiro atoms. The predicted molar refractivity (Wildman–Crippen MR) is 116 cm³/mol. The molecule has 0 bridgehead atoms. The van der Waals surface area contributed by atoms with Gasteiger partial charge in [-0.15, -0.1) is 0 Å². The van der Waals surface area contributed by atoms with Gasteiger partial charge in [0.1, 0.15) is 0 Å². The maximum absolute atomic E-state index is 13.4. The third-order valence-corrected chi connectivity index (χ3v) is 7.64. The van der Waals surface area contributed by atoms with Crippen molar-refractivity contribution in [3.05, 3.63) is 59.2 Å². The highest BCUT2D eigenvalue weighted by Crippen LogP contribution is 2.43. The van der Waals surface area contributed by atoms with E-state index < -0.39 is 22.1 Å². The number of sulfonamides is 1. The van der Waals surface area contributed by atoms with Crippen LogP contribution < -0.4 is 0 Å². The van der Waals surface area contributed by atoms with Crippen LogP contribution in [0.25, 0.3) is 0 Å². The first kappa shape index (κ1) is 22.9. The summed E-state index contributed by atoms with van der Waals surface area (Å²) in [5, 5.41) is 0. The molecule has 0 aromatic heterocycles. The van der Waals surface area contributed by atoms with Gasteiger partial charge in [0.2, 0.25) is 10.0 Å². The van der Waals surface area contributed by atoms with Crippen LogP contribution in [0.4, 0.5) is 18.9 Å². The molecule has 9 heteroatoms. The normalized spacial score (nSPS) is 24.3. The largest absolute Gasteiger partial charge is 0.396 e. The summed E-state index contributed by atoms with van der Waals surface area (Å²) >= 11 is 0. The molecular formula is C23H25F3N2O3S. The number of rotatable bonds is 4. The lowest BCUT2D eigenvalue weighted by molar-refractivity contribution is -0.148. The Morgan fingerprint density at radius 1 is 1.03 bits per heavy atom. The lowest BCUT2D eigenvalue weighted by Crippen LogP contribution is -2.48. The Morgan fingerprint density at radius 3 is 2.28 bits per heavy atom. The fourth-order valence-corrected chi connectivity index (χ4v) is 5.89. The Labute approximate surface area is 186 Å². The maximum Gasteiger partial charge on any atom is 0.396 e. The molecule has 2 aromatic rings. The number of fused-ring (bicyclic) bond motifs is 1. The zero-order valence-electron chi connectivity index (χ0n) is 17.8. The molecule has 32 heavy (non-hydrogen) atoms. The van der Waals surface area contributed by atoms with E-state index >= 15 is 0 Å². The van der Waals surface area contributed by atoms with Crippen molar-refractivity contribution >= 4 is 21.9 Å². The quantitative estimate of drug-likeness (QED) is 0.649. The first-order valence-corrected chi connectivity index (χ1v) is 11.9. The number of morpholine rings is 1. The van der Waals surface area contributed by atoms with Crippen molar-refractivity contribution in [2.75, 3.05) is 13.1 Å². The van der Waals surface area contributed by atoms with Gasteiger partial charge in [0.25, 0.3) is 0 Å². The highest BCUT2D eigenvalue weighted by molar-refractivity contribution is 7.89. The molecule has 3 unspecified atom stereocenters. The van der Waals surface area contributed by atoms with Crippen molar-refractivity contribution in [1.29, 1.82) is 0 Å². The molecule has 1 saturated heterocycles. The monoisotopic (exact) mass is 466 g/mol. The van der Waals surface area contributed by atoms with Crippen LogP contribution in [0.5, 0.6) is 0 Å². The fourth-order valence-electron chi connectivity index (χ4n) is 4.30. The predicted octanol–water partition coefficient (Wildman–Crippen LogP) is 4.83. The smallest absolute Gasteiger partial charge is 0.373 e. The van der Waals surface area contributed by atoms with Gasteiger partial charge in [-0.25, -0.2) is 8.42 Å². The first-order valence-electron chi connectivity index (χ1n) is 10.5. The Morgan fingerprint density at radius 2 is 1.66 bits per heavy atom. The second-order valence-corrected chi connectivity index (χ2v) is 10.4. The minimum atomic E-state index is -4.33. The van der Waals surface area contributed by atoms with Crippen LogP contribution in [-0.2, 0) is 21.2 Å². The van der Waals surface area contributed by atoms with Crippen molar-refractivity contribution < 1.29 is 26.3 Å². The van der Waals surface area contributed by atoms with E-state index in [0.717, 1.165) is 11.1 Å². The number of alkyl halides is 3. The summed E-state index contributed by atoms with van der Waals surface area (Å²) in [7, 11) is -3.64. The average Bonchev–Trinajstić information content (AvgIpc) is 2.72. The fraction of sp³-hybridized carbons (Fsp3) is 0.435. The summed E-state index contributed by atoms with van der Waals surface area (Å²) in [6.45, 7) is 4.28. The van der Waals surface area contributed by atoms with Gasteiger partial charge in [-0.05, 0) is 61.6 Å². The summed E-state index contributed by atoms with van der Waals surface area (Å²) < 4.78 is 73.2.